The summed E-state index contributed by atoms with van der Waals surface area (Å²) in [5.74, 6) is -0.705. The summed E-state index contributed by atoms with van der Waals surface area (Å²) in [6, 6.07) is 18.1. The highest BCUT2D eigenvalue weighted by Gasteiger charge is 2.28. The molecule has 0 saturated heterocycles. The van der Waals surface area contributed by atoms with Crippen LogP contribution in [0.2, 0.25) is 5.02 Å². The first-order valence-electron chi connectivity index (χ1n) is 9.59. The minimum absolute atomic E-state index is 0.00945. The number of halogens is 1. The Kier molecular flexibility index (Phi) is 7.41. The first-order valence-corrected chi connectivity index (χ1v) is 11.4. The topological polar surface area (TPSA) is 122 Å². The second kappa shape index (κ2) is 10.2. The fourth-order valence-electron chi connectivity index (χ4n) is 2.82. The molecule has 3 aromatic rings. The Morgan fingerprint density at radius 3 is 2.33 bits per heavy atom. The van der Waals surface area contributed by atoms with E-state index in [1.165, 1.54) is 54.7 Å². The predicted molar refractivity (Wildman–Crippen MR) is 126 cm³/mol. The summed E-state index contributed by atoms with van der Waals surface area (Å²) in [4.78, 5) is 22.7. The number of nitro benzene ring substituents is 1. The van der Waals surface area contributed by atoms with Crippen LogP contribution in [0.3, 0.4) is 0 Å². The smallest absolute Gasteiger partial charge is 0.269 e. The van der Waals surface area contributed by atoms with Gasteiger partial charge in [0.25, 0.3) is 21.6 Å². The van der Waals surface area contributed by atoms with E-state index in [0.717, 1.165) is 9.87 Å². The Morgan fingerprint density at radius 1 is 1.09 bits per heavy atom. The van der Waals surface area contributed by atoms with Crippen molar-refractivity contribution in [2.75, 3.05) is 10.8 Å². The Morgan fingerprint density at radius 2 is 1.73 bits per heavy atom. The molecule has 0 aromatic heterocycles. The van der Waals surface area contributed by atoms with Gasteiger partial charge >= 0.3 is 0 Å². The van der Waals surface area contributed by atoms with Crippen molar-refractivity contribution in [3.05, 3.63) is 99.1 Å². The summed E-state index contributed by atoms with van der Waals surface area (Å²) < 4.78 is 27.5. The van der Waals surface area contributed by atoms with E-state index in [9.17, 15) is 23.3 Å². The van der Waals surface area contributed by atoms with Crippen LogP contribution in [-0.2, 0) is 14.8 Å². The molecule has 3 aromatic carbocycles. The number of rotatable bonds is 8. The van der Waals surface area contributed by atoms with Crippen LogP contribution < -0.4 is 9.73 Å². The standard InChI is InChI=1S/C22H19ClN4O5S/c1-16-6-12-19(13-7-16)33(31,32)26(21-5-3-2-4-20(21)23)15-22(28)25-24-14-17-8-10-18(11-9-17)27(29)30/h2-14H,15H2,1H3,(H,25,28)/b24-14-. The Labute approximate surface area is 195 Å². The van der Waals surface area contributed by atoms with E-state index in [1.807, 2.05) is 6.92 Å². The number of anilines is 1. The van der Waals surface area contributed by atoms with Crippen molar-refractivity contribution in [2.24, 2.45) is 5.10 Å². The number of nitrogens with zero attached hydrogens (tertiary/aromatic N) is 3. The molecule has 0 atom stereocenters. The van der Waals surface area contributed by atoms with E-state index in [2.05, 4.69) is 10.5 Å². The number of carbonyl (C=O) groups is 1. The average molecular weight is 487 g/mol. The van der Waals surface area contributed by atoms with Gasteiger partial charge in [0.2, 0.25) is 0 Å². The first kappa shape index (κ1) is 23.9. The van der Waals surface area contributed by atoms with Gasteiger partial charge in [0.05, 0.1) is 26.7 Å². The van der Waals surface area contributed by atoms with Gasteiger partial charge in [0, 0.05) is 12.1 Å². The SMILES string of the molecule is Cc1ccc(S(=O)(=O)N(CC(=O)N/N=C\c2ccc([N+](=O)[O-])cc2)c2ccccc2Cl)cc1. The zero-order valence-corrected chi connectivity index (χ0v) is 19.0. The normalized spacial score (nSPS) is 11.3. The highest BCUT2D eigenvalue weighted by atomic mass is 35.5. The Bertz CT molecular complexity index is 1290. The number of carbonyl (C=O) groups excluding carboxylic acids is 1. The summed E-state index contributed by atoms with van der Waals surface area (Å²) in [5, 5.41) is 14.7. The largest absolute Gasteiger partial charge is 0.271 e. The molecule has 0 spiro atoms. The number of hydrazone groups is 1. The molecule has 3 rings (SSSR count). The molecule has 0 bridgehead atoms. The molecule has 0 aliphatic heterocycles. The van der Waals surface area contributed by atoms with Crippen molar-refractivity contribution in [1.29, 1.82) is 0 Å². The van der Waals surface area contributed by atoms with Crippen LogP contribution in [0.15, 0.2) is 82.8 Å². The average Bonchev–Trinajstić information content (AvgIpc) is 2.78. The number of para-hydroxylation sites is 1. The first-order chi connectivity index (χ1) is 15.7. The van der Waals surface area contributed by atoms with Gasteiger partial charge in [0.1, 0.15) is 6.54 Å². The summed E-state index contributed by atoms with van der Waals surface area (Å²) in [6.45, 7) is 1.26. The maximum absolute atomic E-state index is 13.3. The molecule has 0 radical (unpaired) electrons. The summed E-state index contributed by atoms with van der Waals surface area (Å²) >= 11 is 6.23. The molecule has 1 N–H and O–H groups in total. The second-order valence-corrected chi connectivity index (χ2v) is 9.19. The quantitative estimate of drug-likeness (QED) is 0.294. The summed E-state index contributed by atoms with van der Waals surface area (Å²) in [6.07, 6.45) is 1.29. The van der Waals surface area contributed by atoms with Crippen molar-refractivity contribution < 1.29 is 18.1 Å². The zero-order valence-electron chi connectivity index (χ0n) is 17.4. The summed E-state index contributed by atoms with van der Waals surface area (Å²) in [7, 11) is -4.11. The second-order valence-electron chi connectivity index (χ2n) is 6.92. The van der Waals surface area contributed by atoms with Crippen molar-refractivity contribution in [3.8, 4) is 0 Å². The van der Waals surface area contributed by atoms with Gasteiger partial charge in [-0.1, -0.05) is 41.4 Å². The maximum Gasteiger partial charge on any atom is 0.269 e. The van der Waals surface area contributed by atoms with Gasteiger partial charge < -0.3 is 0 Å². The molecule has 1 amide bonds. The van der Waals surface area contributed by atoms with E-state index < -0.39 is 27.4 Å². The lowest BCUT2D eigenvalue weighted by molar-refractivity contribution is -0.384. The van der Waals surface area contributed by atoms with Gasteiger partial charge in [0.15, 0.2) is 0 Å². The van der Waals surface area contributed by atoms with Gasteiger partial charge in [-0.3, -0.25) is 19.2 Å². The van der Waals surface area contributed by atoms with Crippen molar-refractivity contribution in [2.45, 2.75) is 11.8 Å². The molecule has 170 valence electrons. The minimum Gasteiger partial charge on any atom is -0.271 e. The number of aryl methyl sites for hydroxylation is 1. The highest BCUT2D eigenvalue weighted by Crippen LogP contribution is 2.30. The zero-order chi connectivity index (χ0) is 24.0. The molecule has 11 heteroatoms. The molecular formula is C22H19ClN4O5S. The molecule has 0 fully saturated rings. The third-order valence-corrected chi connectivity index (χ3v) is 6.62. The number of sulfonamides is 1. The predicted octanol–water partition coefficient (Wildman–Crippen LogP) is 3.90. The lowest BCUT2D eigenvalue weighted by Gasteiger charge is -2.24. The fourth-order valence-corrected chi connectivity index (χ4v) is 4.55. The van der Waals surface area contributed by atoms with Crippen LogP contribution in [0.5, 0.6) is 0 Å². The number of benzene rings is 3. The maximum atomic E-state index is 13.3. The number of non-ortho nitro benzene ring substituents is 1. The van der Waals surface area contributed by atoms with Crippen LogP contribution in [-0.4, -0.2) is 32.0 Å². The Hall–Kier alpha value is -3.76. The molecule has 0 unspecified atom stereocenters. The lowest BCUT2D eigenvalue weighted by atomic mass is 10.2. The van der Waals surface area contributed by atoms with Crippen molar-refractivity contribution >= 4 is 45.1 Å². The number of amides is 1. The van der Waals surface area contributed by atoms with E-state index >= 15 is 0 Å². The van der Waals surface area contributed by atoms with E-state index in [0.29, 0.717) is 5.56 Å². The molecule has 0 saturated carbocycles. The highest BCUT2D eigenvalue weighted by molar-refractivity contribution is 7.92. The third-order valence-electron chi connectivity index (χ3n) is 4.52. The molecule has 33 heavy (non-hydrogen) atoms. The van der Waals surface area contributed by atoms with Crippen LogP contribution in [0.25, 0.3) is 0 Å². The molecule has 0 aliphatic rings. The van der Waals surface area contributed by atoms with E-state index in [-0.39, 0.29) is 21.3 Å². The number of hydrogen-bond donors (Lipinski definition) is 1. The molecule has 0 aliphatic carbocycles. The number of nitrogens with one attached hydrogen (secondary N) is 1. The molecule has 9 nitrogen and oxygen atoms in total. The van der Waals surface area contributed by atoms with Gasteiger partial charge in [-0.2, -0.15) is 5.10 Å². The van der Waals surface area contributed by atoms with E-state index in [4.69, 9.17) is 11.6 Å². The lowest BCUT2D eigenvalue weighted by Crippen LogP contribution is -2.39. The van der Waals surface area contributed by atoms with Crippen LogP contribution in [0.1, 0.15) is 11.1 Å². The van der Waals surface area contributed by atoms with Crippen LogP contribution in [0, 0.1) is 17.0 Å². The van der Waals surface area contributed by atoms with Gasteiger partial charge in [-0.15, -0.1) is 0 Å². The van der Waals surface area contributed by atoms with Gasteiger partial charge in [-0.05, 0) is 48.9 Å². The van der Waals surface area contributed by atoms with Crippen LogP contribution >= 0.6 is 11.6 Å². The molecular weight excluding hydrogens is 468 g/mol. The number of hydrogen-bond acceptors (Lipinski definition) is 6. The van der Waals surface area contributed by atoms with Crippen LogP contribution in [0.4, 0.5) is 11.4 Å². The van der Waals surface area contributed by atoms with E-state index in [1.54, 1.807) is 24.3 Å². The third kappa shape index (κ3) is 5.93. The summed E-state index contributed by atoms with van der Waals surface area (Å²) in [5.41, 5.74) is 3.74. The monoisotopic (exact) mass is 486 g/mol. The number of nitro groups is 1. The Balaban J connectivity index is 1.81. The van der Waals surface area contributed by atoms with Crippen molar-refractivity contribution in [1.82, 2.24) is 5.43 Å². The van der Waals surface area contributed by atoms with Gasteiger partial charge in [-0.25, -0.2) is 13.8 Å². The fraction of sp³-hybridized carbons (Fsp3) is 0.0909. The minimum atomic E-state index is -4.11. The molecule has 0 heterocycles. The van der Waals surface area contributed by atoms with Crippen molar-refractivity contribution in [3.63, 3.8) is 0 Å².